The zero-order chi connectivity index (χ0) is 23.8. The molecule has 1 saturated carbocycles. The van der Waals surface area contributed by atoms with Gasteiger partial charge in [-0.05, 0) is 57.9 Å². The van der Waals surface area contributed by atoms with Gasteiger partial charge in [-0.1, -0.05) is 0 Å². The predicted octanol–water partition coefficient (Wildman–Crippen LogP) is 3.20. The van der Waals surface area contributed by atoms with Crippen LogP contribution in [-0.4, -0.2) is 73.3 Å². The second-order valence-corrected chi connectivity index (χ2v) is 7.97. The van der Waals surface area contributed by atoms with Gasteiger partial charge < -0.3 is 9.47 Å². The SMILES string of the molecule is COc1ccc(N(C)C(=O)CN(C)C(C)N=C(N=C2CCCC2)c2cc(OC)ccn2)nc1. The third kappa shape index (κ3) is 6.58. The van der Waals surface area contributed by atoms with Crippen molar-refractivity contribution in [3.63, 3.8) is 0 Å². The fraction of sp³-hybridized carbons (Fsp3) is 0.458. The number of methoxy groups -OCH3 is 2. The summed E-state index contributed by atoms with van der Waals surface area (Å²) in [7, 11) is 6.77. The van der Waals surface area contributed by atoms with Gasteiger partial charge in [0.1, 0.15) is 29.2 Å². The van der Waals surface area contributed by atoms with Crippen LogP contribution in [0.15, 0.2) is 46.6 Å². The highest BCUT2D eigenvalue weighted by Gasteiger charge is 2.19. The molecule has 0 spiro atoms. The Hall–Kier alpha value is -3.33. The Kier molecular flexibility index (Phi) is 8.48. The summed E-state index contributed by atoms with van der Waals surface area (Å²) in [6.07, 6.45) is 7.23. The van der Waals surface area contributed by atoms with Gasteiger partial charge in [0, 0.05) is 25.0 Å². The zero-order valence-corrected chi connectivity index (χ0v) is 20.0. The van der Waals surface area contributed by atoms with E-state index in [-0.39, 0.29) is 18.6 Å². The van der Waals surface area contributed by atoms with Gasteiger partial charge in [0.05, 0.1) is 27.0 Å². The molecule has 2 aromatic heterocycles. The van der Waals surface area contributed by atoms with Crippen molar-refractivity contribution >= 4 is 23.3 Å². The molecule has 2 heterocycles. The van der Waals surface area contributed by atoms with Gasteiger partial charge in [-0.3, -0.25) is 19.6 Å². The summed E-state index contributed by atoms with van der Waals surface area (Å²) in [4.78, 5) is 34.6. The summed E-state index contributed by atoms with van der Waals surface area (Å²) >= 11 is 0. The van der Waals surface area contributed by atoms with E-state index in [1.165, 1.54) is 4.90 Å². The molecular weight excluding hydrogens is 420 g/mol. The van der Waals surface area contributed by atoms with Gasteiger partial charge in [-0.2, -0.15) is 0 Å². The number of rotatable bonds is 8. The van der Waals surface area contributed by atoms with Crippen molar-refractivity contribution in [3.05, 3.63) is 42.4 Å². The van der Waals surface area contributed by atoms with Crippen molar-refractivity contribution in [1.29, 1.82) is 0 Å². The molecule has 3 rings (SSSR count). The van der Waals surface area contributed by atoms with Crippen molar-refractivity contribution < 1.29 is 14.3 Å². The molecule has 0 aliphatic heterocycles. The number of likely N-dealkylation sites (N-methyl/N-ethyl adjacent to an activating group) is 2. The minimum atomic E-state index is -0.292. The van der Waals surface area contributed by atoms with Crippen LogP contribution in [0.2, 0.25) is 0 Å². The van der Waals surface area contributed by atoms with E-state index < -0.39 is 0 Å². The average molecular weight is 453 g/mol. The second kappa shape index (κ2) is 11.5. The Labute approximate surface area is 195 Å². The van der Waals surface area contributed by atoms with Gasteiger partial charge in [-0.25, -0.2) is 15.0 Å². The summed E-state index contributed by atoms with van der Waals surface area (Å²) in [6, 6.07) is 7.15. The number of aliphatic imine (C=N–C) groups is 2. The fourth-order valence-corrected chi connectivity index (χ4v) is 3.40. The van der Waals surface area contributed by atoms with E-state index in [0.717, 1.165) is 31.4 Å². The van der Waals surface area contributed by atoms with Crippen molar-refractivity contribution in [2.75, 3.05) is 39.8 Å². The Bertz CT molecular complexity index is 998. The number of anilines is 1. The number of amides is 1. The Balaban J connectivity index is 1.75. The van der Waals surface area contributed by atoms with Crippen LogP contribution in [0.1, 0.15) is 38.3 Å². The molecule has 1 amide bonds. The molecule has 1 unspecified atom stereocenters. The molecule has 9 nitrogen and oxygen atoms in total. The molecule has 0 saturated heterocycles. The third-order valence-corrected chi connectivity index (χ3v) is 5.65. The van der Waals surface area contributed by atoms with Crippen molar-refractivity contribution in [2.24, 2.45) is 9.98 Å². The summed E-state index contributed by atoms with van der Waals surface area (Å²) in [6.45, 7) is 2.11. The van der Waals surface area contributed by atoms with Crippen LogP contribution < -0.4 is 14.4 Å². The Morgan fingerprint density at radius 2 is 1.82 bits per heavy atom. The highest BCUT2D eigenvalue weighted by atomic mass is 16.5. The van der Waals surface area contributed by atoms with Crippen LogP contribution in [0.3, 0.4) is 0 Å². The molecule has 0 radical (unpaired) electrons. The molecule has 0 N–H and O–H groups in total. The molecule has 1 fully saturated rings. The number of hydrogen-bond donors (Lipinski definition) is 0. The first kappa shape index (κ1) is 24.3. The first-order valence-electron chi connectivity index (χ1n) is 11.0. The van der Waals surface area contributed by atoms with Gasteiger partial charge in [0.15, 0.2) is 5.84 Å². The zero-order valence-electron chi connectivity index (χ0n) is 20.0. The first-order valence-corrected chi connectivity index (χ1v) is 11.0. The van der Waals surface area contributed by atoms with E-state index >= 15 is 0 Å². The van der Waals surface area contributed by atoms with Gasteiger partial charge in [0.2, 0.25) is 5.91 Å². The topological polar surface area (TPSA) is 92.5 Å². The van der Waals surface area contributed by atoms with Crippen LogP contribution in [0.5, 0.6) is 11.5 Å². The Morgan fingerprint density at radius 1 is 1.09 bits per heavy atom. The number of ether oxygens (including phenoxy) is 2. The molecule has 176 valence electrons. The molecular formula is C24H32N6O3. The minimum absolute atomic E-state index is 0.0969. The van der Waals surface area contributed by atoms with Crippen LogP contribution in [0.4, 0.5) is 5.82 Å². The number of carbonyl (C=O) groups excluding carboxylic acids is 1. The lowest BCUT2D eigenvalue weighted by Gasteiger charge is -2.24. The summed E-state index contributed by atoms with van der Waals surface area (Å²) in [5, 5.41) is 0. The highest BCUT2D eigenvalue weighted by Crippen LogP contribution is 2.18. The van der Waals surface area contributed by atoms with Gasteiger partial charge in [-0.15, -0.1) is 0 Å². The average Bonchev–Trinajstić information content (AvgIpc) is 3.36. The van der Waals surface area contributed by atoms with Gasteiger partial charge >= 0.3 is 0 Å². The van der Waals surface area contributed by atoms with Crippen LogP contribution >= 0.6 is 0 Å². The van der Waals surface area contributed by atoms with Crippen LogP contribution in [-0.2, 0) is 4.79 Å². The summed E-state index contributed by atoms with van der Waals surface area (Å²) < 4.78 is 10.5. The van der Waals surface area contributed by atoms with Crippen molar-refractivity contribution in [2.45, 2.75) is 38.8 Å². The van der Waals surface area contributed by atoms with E-state index in [1.807, 2.05) is 24.9 Å². The normalized spacial score (nSPS) is 14.8. The molecule has 1 aliphatic rings. The quantitative estimate of drug-likeness (QED) is 0.451. The smallest absolute Gasteiger partial charge is 0.242 e. The lowest BCUT2D eigenvalue weighted by Crippen LogP contribution is -2.40. The lowest BCUT2D eigenvalue weighted by molar-refractivity contribution is -0.119. The fourth-order valence-electron chi connectivity index (χ4n) is 3.40. The first-order chi connectivity index (χ1) is 15.9. The maximum Gasteiger partial charge on any atom is 0.242 e. The molecule has 1 aliphatic carbocycles. The van der Waals surface area contributed by atoms with E-state index in [4.69, 9.17) is 19.5 Å². The number of hydrogen-bond acceptors (Lipinski definition) is 7. The summed E-state index contributed by atoms with van der Waals surface area (Å²) in [5.74, 6) is 2.36. The molecule has 9 heteroatoms. The summed E-state index contributed by atoms with van der Waals surface area (Å²) in [5.41, 5.74) is 1.79. The minimum Gasteiger partial charge on any atom is -0.497 e. The molecule has 1 atom stereocenters. The van der Waals surface area contributed by atoms with E-state index in [1.54, 1.807) is 51.9 Å². The number of carbonyl (C=O) groups is 1. The Morgan fingerprint density at radius 3 is 2.45 bits per heavy atom. The largest absolute Gasteiger partial charge is 0.497 e. The van der Waals surface area contributed by atoms with Crippen LogP contribution in [0.25, 0.3) is 0 Å². The van der Waals surface area contributed by atoms with Gasteiger partial charge in [0.25, 0.3) is 0 Å². The third-order valence-electron chi connectivity index (χ3n) is 5.65. The highest BCUT2D eigenvalue weighted by molar-refractivity contribution is 6.06. The van der Waals surface area contributed by atoms with Crippen molar-refractivity contribution in [1.82, 2.24) is 14.9 Å². The maximum absolute atomic E-state index is 12.8. The van der Waals surface area contributed by atoms with E-state index in [2.05, 4.69) is 9.97 Å². The molecule has 2 aromatic rings. The lowest BCUT2D eigenvalue weighted by atomic mass is 10.3. The monoisotopic (exact) mass is 452 g/mol. The van der Waals surface area contributed by atoms with Crippen LogP contribution in [0, 0.1) is 0 Å². The molecule has 33 heavy (non-hydrogen) atoms. The molecule has 0 aromatic carbocycles. The number of aromatic nitrogens is 2. The number of nitrogens with zero attached hydrogens (tertiary/aromatic N) is 6. The van der Waals surface area contributed by atoms with E-state index in [0.29, 0.717) is 28.8 Å². The molecule has 0 bridgehead atoms. The standard InChI is InChI=1S/C24H32N6O3/c1-17(29(2)16-23(31)30(3)22-11-10-20(33-5)15-26-22)27-24(28-18-8-6-7-9-18)21-14-19(32-4)12-13-25-21/h10-15,17H,6-9,16H2,1-5H3. The number of amidine groups is 1. The predicted molar refractivity (Wildman–Crippen MR) is 130 cm³/mol. The second-order valence-electron chi connectivity index (χ2n) is 7.97. The number of pyridine rings is 2. The van der Waals surface area contributed by atoms with Crippen molar-refractivity contribution in [3.8, 4) is 11.5 Å². The maximum atomic E-state index is 12.8. The van der Waals surface area contributed by atoms with E-state index in [9.17, 15) is 4.79 Å².